The summed E-state index contributed by atoms with van der Waals surface area (Å²) in [5.41, 5.74) is -0.0673. The van der Waals surface area contributed by atoms with E-state index in [1.165, 1.54) is 24.3 Å². The first kappa shape index (κ1) is 14.4. The van der Waals surface area contributed by atoms with Gasteiger partial charge in [-0.15, -0.1) is 0 Å². The Bertz CT molecular complexity index is 729. The van der Waals surface area contributed by atoms with Crippen LogP contribution in [0.4, 0.5) is 10.1 Å². The minimum atomic E-state index is -1.18. The number of carbonyl (C=O) groups is 1. The molecule has 0 radical (unpaired) electrons. The lowest BCUT2D eigenvalue weighted by Gasteiger charge is -2.10. The van der Waals surface area contributed by atoms with Gasteiger partial charge in [0.15, 0.2) is 5.82 Å². The van der Waals surface area contributed by atoms with Crippen LogP contribution < -0.4 is 4.74 Å². The van der Waals surface area contributed by atoms with E-state index >= 15 is 0 Å². The summed E-state index contributed by atoms with van der Waals surface area (Å²) in [6.45, 7) is 1.62. The van der Waals surface area contributed by atoms with Crippen LogP contribution in [0.15, 0.2) is 36.4 Å². The summed E-state index contributed by atoms with van der Waals surface area (Å²) in [5.74, 6) is -2.58. The Hall–Kier alpha value is -2.96. The van der Waals surface area contributed by atoms with Crippen molar-refractivity contribution < 1.29 is 24.0 Å². The highest BCUT2D eigenvalue weighted by Crippen LogP contribution is 2.35. The lowest BCUT2D eigenvalue weighted by molar-refractivity contribution is -0.385. The molecule has 0 saturated carbocycles. The van der Waals surface area contributed by atoms with Crippen molar-refractivity contribution in [3.8, 4) is 11.5 Å². The average molecular weight is 291 g/mol. The third-order valence-corrected chi connectivity index (χ3v) is 2.79. The van der Waals surface area contributed by atoms with E-state index in [1.807, 2.05) is 0 Å². The van der Waals surface area contributed by atoms with Gasteiger partial charge in [-0.3, -0.25) is 10.1 Å². The van der Waals surface area contributed by atoms with E-state index in [4.69, 9.17) is 9.84 Å². The second kappa shape index (κ2) is 5.58. The van der Waals surface area contributed by atoms with Crippen LogP contribution in [0.2, 0.25) is 0 Å². The van der Waals surface area contributed by atoms with E-state index < -0.39 is 28.1 Å². The van der Waals surface area contributed by atoms with E-state index in [2.05, 4.69) is 0 Å². The quantitative estimate of drug-likeness (QED) is 0.687. The Morgan fingerprint density at radius 2 is 2.05 bits per heavy atom. The Morgan fingerprint density at radius 1 is 1.33 bits per heavy atom. The fourth-order valence-corrected chi connectivity index (χ4v) is 1.70. The number of carboxylic acids is 1. The molecular formula is C14H10FNO5. The fourth-order valence-electron chi connectivity index (χ4n) is 1.70. The van der Waals surface area contributed by atoms with E-state index in [1.54, 1.807) is 6.92 Å². The molecule has 0 spiro atoms. The SMILES string of the molecule is Cc1ccc(C(=O)O)cc1Oc1c(F)cccc1[N+](=O)[O-]. The molecule has 0 aliphatic heterocycles. The first-order chi connectivity index (χ1) is 9.90. The molecule has 1 N–H and O–H groups in total. The lowest BCUT2D eigenvalue weighted by atomic mass is 10.1. The monoisotopic (exact) mass is 291 g/mol. The van der Waals surface area contributed by atoms with Crippen molar-refractivity contribution in [3.63, 3.8) is 0 Å². The molecule has 21 heavy (non-hydrogen) atoms. The zero-order chi connectivity index (χ0) is 15.6. The highest BCUT2D eigenvalue weighted by atomic mass is 19.1. The Kier molecular flexibility index (Phi) is 3.84. The second-order valence-corrected chi connectivity index (χ2v) is 4.23. The number of ether oxygens (including phenoxy) is 1. The van der Waals surface area contributed by atoms with Gasteiger partial charge in [0.2, 0.25) is 5.75 Å². The van der Waals surface area contributed by atoms with Crippen LogP contribution in [-0.2, 0) is 0 Å². The van der Waals surface area contributed by atoms with Crippen molar-refractivity contribution in [1.29, 1.82) is 0 Å². The fraction of sp³-hybridized carbons (Fsp3) is 0.0714. The highest BCUT2D eigenvalue weighted by Gasteiger charge is 2.21. The number of carboxylic acid groups (broad SMARTS) is 1. The number of nitro groups is 1. The predicted molar refractivity (Wildman–Crippen MR) is 71.3 cm³/mol. The van der Waals surface area contributed by atoms with Gasteiger partial charge in [-0.25, -0.2) is 9.18 Å². The molecule has 0 amide bonds. The van der Waals surface area contributed by atoms with Gasteiger partial charge in [0.05, 0.1) is 10.5 Å². The largest absolute Gasteiger partial charge is 0.478 e. The van der Waals surface area contributed by atoms with Crippen molar-refractivity contribution in [1.82, 2.24) is 0 Å². The van der Waals surface area contributed by atoms with Crippen LogP contribution in [0, 0.1) is 22.9 Å². The molecule has 0 aliphatic carbocycles. The number of aromatic carboxylic acids is 1. The molecule has 2 rings (SSSR count). The van der Waals surface area contributed by atoms with Crippen molar-refractivity contribution >= 4 is 11.7 Å². The number of halogens is 1. The number of benzene rings is 2. The van der Waals surface area contributed by atoms with Crippen LogP contribution in [0.5, 0.6) is 11.5 Å². The molecule has 0 aromatic heterocycles. The Balaban J connectivity index is 2.50. The number of aryl methyl sites for hydroxylation is 1. The molecule has 108 valence electrons. The van der Waals surface area contributed by atoms with Crippen molar-refractivity contribution in [2.24, 2.45) is 0 Å². The molecule has 0 unspecified atom stereocenters. The molecule has 0 bridgehead atoms. The first-order valence-electron chi connectivity index (χ1n) is 5.85. The maximum absolute atomic E-state index is 13.7. The summed E-state index contributed by atoms with van der Waals surface area (Å²) in [6, 6.07) is 7.36. The normalized spacial score (nSPS) is 10.2. The predicted octanol–water partition coefficient (Wildman–Crippen LogP) is 3.53. The lowest BCUT2D eigenvalue weighted by Crippen LogP contribution is -2.00. The van der Waals surface area contributed by atoms with Crippen LogP contribution in [-0.4, -0.2) is 16.0 Å². The molecule has 0 saturated heterocycles. The summed E-state index contributed by atoms with van der Waals surface area (Å²) >= 11 is 0. The van der Waals surface area contributed by atoms with Gasteiger partial charge in [-0.2, -0.15) is 0 Å². The number of nitrogens with zero attached hydrogens (tertiary/aromatic N) is 1. The van der Waals surface area contributed by atoms with Crippen LogP contribution >= 0.6 is 0 Å². The van der Waals surface area contributed by atoms with Crippen LogP contribution in [0.3, 0.4) is 0 Å². The van der Waals surface area contributed by atoms with Gasteiger partial charge in [-0.1, -0.05) is 12.1 Å². The molecule has 2 aromatic carbocycles. The van der Waals surface area contributed by atoms with Gasteiger partial charge in [-0.05, 0) is 30.7 Å². The summed E-state index contributed by atoms with van der Waals surface area (Å²) in [6.07, 6.45) is 0. The van der Waals surface area contributed by atoms with Crippen molar-refractivity contribution in [2.45, 2.75) is 6.92 Å². The topological polar surface area (TPSA) is 89.7 Å². The Labute approximate surface area is 118 Å². The number of nitro benzene ring substituents is 1. The number of hydrogen-bond donors (Lipinski definition) is 1. The maximum atomic E-state index is 13.7. The zero-order valence-electron chi connectivity index (χ0n) is 10.9. The molecular weight excluding hydrogens is 281 g/mol. The van der Waals surface area contributed by atoms with E-state index in [0.717, 1.165) is 12.1 Å². The smallest absolute Gasteiger partial charge is 0.335 e. The van der Waals surface area contributed by atoms with Crippen molar-refractivity contribution in [2.75, 3.05) is 0 Å². The average Bonchev–Trinajstić information content (AvgIpc) is 2.42. The van der Waals surface area contributed by atoms with Crippen LogP contribution in [0.1, 0.15) is 15.9 Å². The zero-order valence-corrected chi connectivity index (χ0v) is 10.9. The molecule has 2 aromatic rings. The number of hydrogen-bond acceptors (Lipinski definition) is 4. The molecule has 0 heterocycles. The molecule has 0 atom stereocenters. The molecule has 7 heteroatoms. The minimum absolute atomic E-state index is 0.0445. The summed E-state index contributed by atoms with van der Waals surface area (Å²) in [7, 11) is 0. The molecule has 0 aliphatic rings. The van der Waals surface area contributed by atoms with Gasteiger partial charge in [0.1, 0.15) is 5.75 Å². The summed E-state index contributed by atoms with van der Waals surface area (Å²) < 4.78 is 19.0. The van der Waals surface area contributed by atoms with Crippen molar-refractivity contribution in [3.05, 3.63) is 63.5 Å². The van der Waals surface area contributed by atoms with Gasteiger partial charge in [0.25, 0.3) is 0 Å². The minimum Gasteiger partial charge on any atom is -0.478 e. The number of rotatable bonds is 4. The maximum Gasteiger partial charge on any atom is 0.335 e. The van der Waals surface area contributed by atoms with Gasteiger partial charge < -0.3 is 9.84 Å². The highest BCUT2D eigenvalue weighted by molar-refractivity contribution is 5.88. The van der Waals surface area contributed by atoms with Crippen LogP contribution in [0.25, 0.3) is 0 Å². The van der Waals surface area contributed by atoms with E-state index in [-0.39, 0.29) is 11.3 Å². The van der Waals surface area contributed by atoms with Gasteiger partial charge >= 0.3 is 11.7 Å². The third kappa shape index (κ3) is 2.97. The first-order valence-corrected chi connectivity index (χ1v) is 5.85. The molecule has 6 nitrogen and oxygen atoms in total. The summed E-state index contributed by atoms with van der Waals surface area (Å²) in [4.78, 5) is 21.0. The molecule has 0 fully saturated rings. The Morgan fingerprint density at radius 3 is 2.67 bits per heavy atom. The number of para-hydroxylation sites is 1. The van der Waals surface area contributed by atoms with E-state index in [9.17, 15) is 19.3 Å². The third-order valence-electron chi connectivity index (χ3n) is 2.79. The standard InChI is InChI=1S/C14H10FNO5/c1-8-5-6-9(14(17)18)7-12(8)21-13-10(15)3-2-4-11(13)16(19)20/h2-7H,1H3,(H,17,18). The van der Waals surface area contributed by atoms with E-state index in [0.29, 0.717) is 5.56 Å². The van der Waals surface area contributed by atoms with Gasteiger partial charge in [0, 0.05) is 6.07 Å². The summed E-state index contributed by atoms with van der Waals surface area (Å²) in [5, 5.41) is 19.8. The second-order valence-electron chi connectivity index (χ2n) is 4.23.